The molecule has 0 radical (unpaired) electrons. The third-order valence-electron chi connectivity index (χ3n) is 4.20. The maximum absolute atomic E-state index is 11.2. The summed E-state index contributed by atoms with van der Waals surface area (Å²) in [5, 5.41) is 26.2. The molecule has 0 aliphatic heterocycles. The van der Waals surface area contributed by atoms with E-state index in [1.54, 1.807) is 6.21 Å². The molecule has 28 heavy (non-hydrogen) atoms. The number of nitro benzene ring substituents is 2. The van der Waals surface area contributed by atoms with Crippen LogP contribution in [0.4, 0.5) is 17.1 Å². The second kappa shape index (κ2) is 7.70. The smallest absolute Gasteiger partial charge is 0.301 e. The number of hydrazone groups is 1. The van der Waals surface area contributed by atoms with Crippen LogP contribution in [0.15, 0.2) is 59.7 Å². The van der Waals surface area contributed by atoms with Crippen molar-refractivity contribution in [2.45, 2.75) is 13.8 Å². The molecule has 0 bridgehead atoms. The molecule has 0 aliphatic carbocycles. The molecular formula is C19H17N5O4. The van der Waals surface area contributed by atoms with Crippen molar-refractivity contribution in [2.75, 3.05) is 5.43 Å². The molecule has 142 valence electrons. The Bertz CT molecular complexity index is 1070. The van der Waals surface area contributed by atoms with Crippen LogP contribution < -0.4 is 5.43 Å². The van der Waals surface area contributed by atoms with E-state index in [2.05, 4.69) is 10.5 Å². The topological polar surface area (TPSA) is 116 Å². The van der Waals surface area contributed by atoms with Gasteiger partial charge in [0.15, 0.2) is 0 Å². The Hall–Kier alpha value is -4.01. The summed E-state index contributed by atoms with van der Waals surface area (Å²) >= 11 is 0. The molecule has 3 aromatic rings. The number of hydrogen-bond acceptors (Lipinski definition) is 6. The van der Waals surface area contributed by atoms with Crippen molar-refractivity contribution >= 4 is 23.3 Å². The number of non-ortho nitro benzene ring substituents is 1. The van der Waals surface area contributed by atoms with Gasteiger partial charge in [0.2, 0.25) is 0 Å². The lowest BCUT2D eigenvalue weighted by atomic mass is 10.2. The summed E-state index contributed by atoms with van der Waals surface area (Å²) < 4.78 is 2.02. The first-order chi connectivity index (χ1) is 13.4. The minimum atomic E-state index is -0.688. The Morgan fingerprint density at radius 1 is 1.00 bits per heavy atom. The summed E-state index contributed by atoms with van der Waals surface area (Å²) in [5.74, 6) is 0. The average Bonchev–Trinajstić information content (AvgIpc) is 2.95. The molecule has 0 saturated heterocycles. The van der Waals surface area contributed by atoms with Gasteiger partial charge in [0.25, 0.3) is 5.69 Å². The predicted octanol–water partition coefficient (Wildman–Crippen LogP) is 4.36. The zero-order valence-electron chi connectivity index (χ0n) is 15.2. The SMILES string of the molecule is Cc1cc(C)n(-c2ccccc2)c1C=NNc1ccc([N+](=O)[O-])cc1[N+](=O)[O-]. The highest BCUT2D eigenvalue weighted by Gasteiger charge is 2.19. The van der Waals surface area contributed by atoms with E-state index in [4.69, 9.17) is 0 Å². The van der Waals surface area contributed by atoms with E-state index >= 15 is 0 Å². The number of nitrogens with one attached hydrogen (secondary N) is 1. The molecule has 1 aromatic heterocycles. The lowest BCUT2D eigenvalue weighted by Gasteiger charge is -2.09. The quantitative estimate of drug-likeness (QED) is 0.388. The zero-order valence-corrected chi connectivity index (χ0v) is 15.2. The fourth-order valence-corrected chi connectivity index (χ4v) is 2.94. The van der Waals surface area contributed by atoms with E-state index in [0.29, 0.717) is 0 Å². The maximum Gasteiger partial charge on any atom is 0.301 e. The first-order valence-electron chi connectivity index (χ1n) is 8.34. The van der Waals surface area contributed by atoms with Gasteiger partial charge in [-0.05, 0) is 43.7 Å². The van der Waals surface area contributed by atoms with Crippen molar-refractivity contribution in [3.63, 3.8) is 0 Å². The molecule has 2 aromatic carbocycles. The molecule has 1 N–H and O–H groups in total. The fourth-order valence-electron chi connectivity index (χ4n) is 2.94. The number of anilines is 1. The minimum Gasteiger partial charge on any atom is -0.313 e. The molecule has 0 amide bonds. The van der Waals surface area contributed by atoms with Gasteiger partial charge in [-0.3, -0.25) is 25.7 Å². The molecule has 0 atom stereocenters. The lowest BCUT2D eigenvalue weighted by molar-refractivity contribution is -0.393. The van der Waals surface area contributed by atoms with E-state index in [-0.39, 0.29) is 11.4 Å². The van der Waals surface area contributed by atoms with Gasteiger partial charge in [0.1, 0.15) is 5.69 Å². The fraction of sp³-hybridized carbons (Fsp3) is 0.105. The summed E-state index contributed by atoms with van der Waals surface area (Å²) in [4.78, 5) is 20.7. The Balaban J connectivity index is 1.93. The Kier molecular flexibility index (Phi) is 5.16. The number of hydrogen-bond donors (Lipinski definition) is 1. The second-order valence-electron chi connectivity index (χ2n) is 6.11. The maximum atomic E-state index is 11.2. The molecule has 3 rings (SSSR count). The third-order valence-corrected chi connectivity index (χ3v) is 4.20. The van der Waals surface area contributed by atoms with Gasteiger partial charge in [-0.1, -0.05) is 18.2 Å². The van der Waals surface area contributed by atoms with Gasteiger partial charge in [-0.2, -0.15) is 5.10 Å². The van der Waals surface area contributed by atoms with Crippen LogP contribution in [0.3, 0.4) is 0 Å². The van der Waals surface area contributed by atoms with Crippen LogP contribution in [0.2, 0.25) is 0 Å². The predicted molar refractivity (Wildman–Crippen MR) is 106 cm³/mol. The largest absolute Gasteiger partial charge is 0.313 e. The summed E-state index contributed by atoms with van der Waals surface area (Å²) in [6, 6.07) is 15.1. The van der Waals surface area contributed by atoms with Gasteiger partial charge >= 0.3 is 5.69 Å². The molecule has 0 saturated carbocycles. The second-order valence-corrected chi connectivity index (χ2v) is 6.11. The van der Waals surface area contributed by atoms with Crippen molar-refractivity contribution in [2.24, 2.45) is 5.10 Å². The summed E-state index contributed by atoms with van der Waals surface area (Å²) in [7, 11) is 0. The van der Waals surface area contributed by atoms with Gasteiger partial charge in [0, 0.05) is 17.4 Å². The molecule has 0 aliphatic rings. The van der Waals surface area contributed by atoms with Crippen molar-refractivity contribution in [1.29, 1.82) is 0 Å². The highest BCUT2D eigenvalue weighted by Crippen LogP contribution is 2.29. The molecule has 0 fully saturated rings. The number of rotatable bonds is 6. The van der Waals surface area contributed by atoms with Crippen molar-refractivity contribution < 1.29 is 9.85 Å². The normalized spacial score (nSPS) is 10.9. The molecular weight excluding hydrogens is 362 g/mol. The van der Waals surface area contributed by atoms with E-state index in [9.17, 15) is 20.2 Å². The van der Waals surface area contributed by atoms with Gasteiger partial charge in [-0.15, -0.1) is 0 Å². The van der Waals surface area contributed by atoms with Crippen LogP contribution in [0.5, 0.6) is 0 Å². The molecule has 1 heterocycles. The standard InChI is InChI=1S/C19H17N5O4/c1-13-10-14(2)22(15-6-4-3-5-7-15)19(13)12-20-21-17-9-8-16(23(25)26)11-18(17)24(27)28/h3-12,21H,1-2H3. The number of nitro groups is 2. The first-order valence-corrected chi connectivity index (χ1v) is 8.34. The van der Waals surface area contributed by atoms with Crippen molar-refractivity contribution in [3.8, 4) is 5.69 Å². The van der Waals surface area contributed by atoms with Crippen LogP contribution in [0.1, 0.15) is 17.0 Å². The number of benzene rings is 2. The summed E-state index contributed by atoms with van der Waals surface area (Å²) in [6.45, 7) is 3.92. The van der Waals surface area contributed by atoms with Crippen LogP contribution in [0.25, 0.3) is 5.69 Å². The van der Waals surface area contributed by atoms with E-state index in [0.717, 1.165) is 28.7 Å². The Morgan fingerprint density at radius 2 is 1.71 bits per heavy atom. The third kappa shape index (κ3) is 3.73. The summed E-state index contributed by atoms with van der Waals surface area (Å²) in [5.41, 5.74) is 5.71. The monoisotopic (exact) mass is 379 g/mol. The number of para-hydroxylation sites is 1. The van der Waals surface area contributed by atoms with Crippen LogP contribution in [-0.2, 0) is 0 Å². The number of nitrogens with zero attached hydrogens (tertiary/aromatic N) is 4. The lowest BCUT2D eigenvalue weighted by Crippen LogP contribution is -2.04. The highest BCUT2D eigenvalue weighted by atomic mass is 16.6. The van der Waals surface area contributed by atoms with Gasteiger partial charge in [-0.25, -0.2) is 0 Å². The molecule has 0 spiro atoms. The number of aromatic nitrogens is 1. The van der Waals surface area contributed by atoms with Crippen molar-refractivity contribution in [1.82, 2.24) is 4.57 Å². The van der Waals surface area contributed by atoms with Crippen molar-refractivity contribution in [3.05, 3.63) is 91.8 Å². The average molecular weight is 379 g/mol. The van der Waals surface area contributed by atoms with E-state index < -0.39 is 15.5 Å². The number of aryl methyl sites for hydroxylation is 2. The van der Waals surface area contributed by atoms with Gasteiger partial charge in [0.05, 0.1) is 27.8 Å². The molecule has 9 nitrogen and oxygen atoms in total. The van der Waals surface area contributed by atoms with Crippen LogP contribution >= 0.6 is 0 Å². The molecule has 9 heteroatoms. The van der Waals surface area contributed by atoms with Gasteiger partial charge < -0.3 is 4.57 Å². The minimum absolute atomic E-state index is 0.0686. The van der Waals surface area contributed by atoms with E-state index in [1.807, 2.05) is 54.8 Å². The highest BCUT2D eigenvalue weighted by molar-refractivity contribution is 5.82. The summed E-state index contributed by atoms with van der Waals surface area (Å²) in [6.07, 6.45) is 1.57. The zero-order chi connectivity index (χ0) is 20.3. The molecule has 0 unspecified atom stereocenters. The Labute approximate surface area is 160 Å². The van der Waals surface area contributed by atoms with Crippen LogP contribution in [-0.4, -0.2) is 20.6 Å². The first kappa shape index (κ1) is 18.8. The Morgan fingerprint density at radius 3 is 2.36 bits per heavy atom. The van der Waals surface area contributed by atoms with E-state index in [1.165, 1.54) is 12.1 Å². The van der Waals surface area contributed by atoms with Crippen LogP contribution in [0, 0.1) is 34.1 Å².